The third kappa shape index (κ3) is 4.33. The number of sulfonamides is 1. The highest BCUT2D eigenvalue weighted by molar-refractivity contribution is 7.92. The Kier molecular flexibility index (Phi) is 5.29. The quantitative estimate of drug-likeness (QED) is 0.761. The lowest BCUT2D eigenvalue weighted by atomic mass is 10.2. The molecule has 24 heavy (non-hydrogen) atoms. The molecule has 0 radical (unpaired) electrons. The summed E-state index contributed by atoms with van der Waals surface area (Å²) >= 11 is 4.74. The zero-order chi connectivity index (χ0) is 18.0. The fraction of sp³-hybridized carbons (Fsp3) is 0.200. The predicted octanol–water partition coefficient (Wildman–Crippen LogP) is 4.30. The summed E-state index contributed by atoms with van der Waals surface area (Å²) in [4.78, 5) is -0.0598. The van der Waals surface area contributed by atoms with Crippen LogP contribution in [0.5, 0.6) is 5.75 Å². The summed E-state index contributed by atoms with van der Waals surface area (Å²) in [5.41, 5.74) is -2.50. The zero-order valence-corrected chi connectivity index (χ0v) is 13.9. The Morgan fingerprint density at radius 2 is 1.71 bits per heavy atom. The van der Waals surface area contributed by atoms with Crippen molar-refractivity contribution in [2.75, 3.05) is 4.72 Å². The van der Waals surface area contributed by atoms with Crippen LogP contribution in [-0.4, -0.2) is 20.2 Å². The molecule has 4 nitrogen and oxygen atoms in total. The highest BCUT2D eigenvalue weighted by atomic mass is 35.5. The maximum absolute atomic E-state index is 13.3. The lowest BCUT2D eigenvalue weighted by Gasteiger charge is -2.20. The summed E-state index contributed by atoms with van der Waals surface area (Å²) in [6, 6.07) is 10.9. The van der Waals surface area contributed by atoms with E-state index in [9.17, 15) is 21.6 Å². The fourth-order valence-electron chi connectivity index (χ4n) is 1.75. The van der Waals surface area contributed by atoms with Crippen LogP contribution in [0.2, 0.25) is 0 Å². The molecule has 9 heteroatoms. The number of anilines is 1. The number of nitrogens with one attached hydrogen (secondary N) is 1. The van der Waals surface area contributed by atoms with Crippen LogP contribution in [0.15, 0.2) is 53.4 Å². The van der Waals surface area contributed by atoms with E-state index in [2.05, 4.69) is 9.46 Å². The lowest BCUT2D eigenvalue weighted by Crippen LogP contribution is -2.33. The van der Waals surface area contributed by atoms with Gasteiger partial charge in [-0.2, -0.15) is 8.78 Å². The van der Waals surface area contributed by atoms with Crippen molar-refractivity contribution in [1.29, 1.82) is 0 Å². The number of para-hydroxylation sites is 2. The van der Waals surface area contributed by atoms with Crippen molar-refractivity contribution in [3.63, 3.8) is 0 Å². The van der Waals surface area contributed by atoms with Crippen LogP contribution in [0.25, 0.3) is 0 Å². The highest BCUT2D eigenvalue weighted by Crippen LogP contribution is 2.34. The number of hydrogen-bond donors (Lipinski definition) is 1. The molecular weight excluding hydrogens is 367 g/mol. The van der Waals surface area contributed by atoms with Crippen LogP contribution in [0.4, 0.5) is 18.9 Å². The first kappa shape index (κ1) is 18.4. The lowest BCUT2D eigenvalue weighted by molar-refractivity contribution is -0.198. The zero-order valence-electron chi connectivity index (χ0n) is 12.3. The molecule has 1 atom stereocenters. The first-order chi connectivity index (χ1) is 11.1. The smallest absolute Gasteiger partial charge is 0.427 e. The van der Waals surface area contributed by atoms with Gasteiger partial charge < -0.3 is 4.74 Å². The van der Waals surface area contributed by atoms with Crippen molar-refractivity contribution in [1.82, 2.24) is 0 Å². The minimum atomic E-state index is -4.31. The standard InChI is InChI=1S/C15H13ClF3NO3S/c1-10-6-8-11(9-7-10)24(21,22)20-12-4-2-3-5-13(12)23-15(18,19)14(16)17/h2-9,14,20H,1H3/t14-/m1/s1. The van der Waals surface area contributed by atoms with Crippen LogP contribution in [0, 0.1) is 6.92 Å². The molecule has 0 saturated heterocycles. The van der Waals surface area contributed by atoms with Gasteiger partial charge in [0.05, 0.1) is 10.6 Å². The van der Waals surface area contributed by atoms with Crippen LogP contribution in [0.3, 0.4) is 0 Å². The van der Waals surface area contributed by atoms with Gasteiger partial charge in [-0.1, -0.05) is 41.4 Å². The summed E-state index contributed by atoms with van der Waals surface area (Å²) in [6.45, 7) is 1.79. The van der Waals surface area contributed by atoms with E-state index < -0.39 is 27.5 Å². The van der Waals surface area contributed by atoms with Gasteiger partial charge >= 0.3 is 6.11 Å². The Balaban J connectivity index is 2.32. The molecule has 0 aliphatic rings. The number of halogens is 4. The average Bonchev–Trinajstić information content (AvgIpc) is 2.49. The Hall–Kier alpha value is -1.93. The molecule has 2 aromatic carbocycles. The van der Waals surface area contributed by atoms with E-state index in [0.29, 0.717) is 0 Å². The maximum Gasteiger partial charge on any atom is 0.444 e. The second-order valence-corrected chi connectivity index (χ2v) is 6.94. The van der Waals surface area contributed by atoms with E-state index in [1.807, 2.05) is 0 Å². The minimum absolute atomic E-state index is 0.0598. The fourth-order valence-corrected chi connectivity index (χ4v) is 2.87. The van der Waals surface area contributed by atoms with E-state index in [4.69, 9.17) is 11.6 Å². The maximum atomic E-state index is 13.3. The third-order valence-electron chi connectivity index (χ3n) is 2.96. The molecular formula is C15H13ClF3NO3S. The Morgan fingerprint density at radius 1 is 1.12 bits per heavy atom. The van der Waals surface area contributed by atoms with E-state index >= 15 is 0 Å². The number of rotatable bonds is 6. The Labute approximate surface area is 142 Å². The summed E-state index contributed by atoms with van der Waals surface area (Å²) in [5.74, 6) is -0.554. The van der Waals surface area contributed by atoms with Gasteiger partial charge in [0.25, 0.3) is 15.7 Å². The first-order valence-electron chi connectivity index (χ1n) is 6.65. The monoisotopic (exact) mass is 379 g/mol. The number of hydrogen-bond acceptors (Lipinski definition) is 3. The number of alkyl halides is 4. The van der Waals surface area contributed by atoms with Gasteiger partial charge in [0.1, 0.15) is 0 Å². The second kappa shape index (κ2) is 6.90. The van der Waals surface area contributed by atoms with Gasteiger partial charge in [0.15, 0.2) is 5.75 Å². The van der Waals surface area contributed by atoms with E-state index in [0.717, 1.165) is 11.6 Å². The number of ether oxygens (including phenoxy) is 1. The van der Waals surface area contributed by atoms with Crippen LogP contribution >= 0.6 is 11.6 Å². The number of aryl methyl sites for hydroxylation is 1. The van der Waals surface area contributed by atoms with Gasteiger partial charge in [-0.3, -0.25) is 4.72 Å². The van der Waals surface area contributed by atoms with Crippen molar-refractivity contribution in [2.45, 2.75) is 23.6 Å². The molecule has 0 heterocycles. The first-order valence-corrected chi connectivity index (χ1v) is 8.57. The molecule has 0 aromatic heterocycles. The van der Waals surface area contributed by atoms with Gasteiger partial charge in [-0.05, 0) is 31.2 Å². The molecule has 0 aliphatic heterocycles. The average molecular weight is 380 g/mol. The van der Waals surface area contributed by atoms with Crippen molar-refractivity contribution >= 4 is 27.3 Å². The van der Waals surface area contributed by atoms with Gasteiger partial charge in [-0.25, -0.2) is 12.8 Å². The molecule has 0 aliphatic carbocycles. The van der Waals surface area contributed by atoms with Crippen LogP contribution < -0.4 is 9.46 Å². The summed E-state index contributed by atoms with van der Waals surface area (Å²) in [5, 5.41) is 0. The highest BCUT2D eigenvalue weighted by Gasteiger charge is 2.42. The third-order valence-corrected chi connectivity index (χ3v) is 4.60. The van der Waals surface area contributed by atoms with Crippen LogP contribution in [0.1, 0.15) is 5.56 Å². The molecule has 2 aromatic rings. The van der Waals surface area contributed by atoms with Crippen molar-refractivity contribution < 1.29 is 26.3 Å². The summed E-state index contributed by atoms with van der Waals surface area (Å²) in [7, 11) is -4.03. The molecule has 2 rings (SSSR count). The van der Waals surface area contributed by atoms with Gasteiger partial charge in [0.2, 0.25) is 0 Å². The molecule has 0 saturated carbocycles. The van der Waals surface area contributed by atoms with Gasteiger partial charge in [-0.15, -0.1) is 0 Å². The largest absolute Gasteiger partial charge is 0.444 e. The Morgan fingerprint density at radius 3 is 2.29 bits per heavy atom. The second-order valence-electron chi connectivity index (χ2n) is 4.88. The van der Waals surface area contributed by atoms with Crippen LogP contribution in [-0.2, 0) is 10.0 Å². The SMILES string of the molecule is Cc1ccc(S(=O)(=O)Nc2ccccc2OC(F)(F)[C@@H](F)Cl)cc1. The molecule has 0 bridgehead atoms. The van der Waals surface area contributed by atoms with E-state index in [1.165, 1.54) is 30.3 Å². The topological polar surface area (TPSA) is 55.4 Å². The van der Waals surface area contributed by atoms with Crippen molar-refractivity contribution in [2.24, 2.45) is 0 Å². The summed E-state index contributed by atoms with van der Waals surface area (Å²) in [6.07, 6.45) is -4.31. The normalized spacial score (nSPS) is 13.4. The molecule has 0 spiro atoms. The predicted molar refractivity (Wildman–Crippen MR) is 84.8 cm³/mol. The molecule has 0 amide bonds. The Bertz CT molecular complexity index is 811. The minimum Gasteiger partial charge on any atom is -0.427 e. The molecule has 130 valence electrons. The van der Waals surface area contributed by atoms with Crippen molar-refractivity contribution in [3.05, 3.63) is 54.1 Å². The van der Waals surface area contributed by atoms with Crippen molar-refractivity contribution in [3.8, 4) is 5.75 Å². The van der Waals surface area contributed by atoms with E-state index in [-0.39, 0.29) is 10.6 Å². The molecule has 0 unspecified atom stereocenters. The number of benzene rings is 2. The van der Waals surface area contributed by atoms with Gasteiger partial charge in [0, 0.05) is 0 Å². The molecule has 1 N–H and O–H groups in total. The van der Waals surface area contributed by atoms with E-state index in [1.54, 1.807) is 19.1 Å². The molecule has 0 fully saturated rings. The summed E-state index contributed by atoms with van der Waals surface area (Å²) < 4.78 is 70.3.